The van der Waals surface area contributed by atoms with Gasteiger partial charge in [-0.2, -0.15) is 0 Å². The number of hydrogen-bond acceptors (Lipinski definition) is 4. The maximum atomic E-state index is 12.3. The van der Waals surface area contributed by atoms with Crippen LogP contribution in [0.2, 0.25) is 0 Å². The molecule has 6 heteroatoms. The molecule has 0 radical (unpaired) electrons. The van der Waals surface area contributed by atoms with Crippen molar-refractivity contribution >= 4 is 17.8 Å². The molecule has 0 aromatic carbocycles. The Bertz CT molecular complexity index is 431. The minimum atomic E-state index is -0.657. The molecule has 2 rings (SSSR count). The zero-order valence-corrected chi connectivity index (χ0v) is 12.9. The SMILES string of the molecule is COC(=O)C(NC(=O)C1CC(=O)N(CC2CC2)C1)C(C)C. The van der Waals surface area contributed by atoms with Crippen molar-refractivity contribution in [2.75, 3.05) is 20.2 Å². The van der Waals surface area contributed by atoms with E-state index in [-0.39, 0.29) is 30.1 Å². The van der Waals surface area contributed by atoms with Crippen molar-refractivity contribution in [1.82, 2.24) is 10.2 Å². The van der Waals surface area contributed by atoms with Crippen LogP contribution in [0, 0.1) is 17.8 Å². The van der Waals surface area contributed by atoms with E-state index >= 15 is 0 Å². The summed E-state index contributed by atoms with van der Waals surface area (Å²) in [7, 11) is 1.31. The van der Waals surface area contributed by atoms with Crippen molar-refractivity contribution in [2.24, 2.45) is 17.8 Å². The van der Waals surface area contributed by atoms with Crippen molar-refractivity contribution in [3.05, 3.63) is 0 Å². The van der Waals surface area contributed by atoms with E-state index < -0.39 is 12.0 Å². The Morgan fingerprint density at radius 1 is 1.38 bits per heavy atom. The smallest absolute Gasteiger partial charge is 0.328 e. The summed E-state index contributed by atoms with van der Waals surface area (Å²) in [6.45, 7) is 4.93. The maximum Gasteiger partial charge on any atom is 0.328 e. The van der Waals surface area contributed by atoms with Gasteiger partial charge < -0.3 is 15.0 Å². The van der Waals surface area contributed by atoms with Crippen molar-refractivity contribution in [3.8, 4) is 0 Å². The van der Waals surface area contributed by atoms with Crippen LogP contribution in [0.1, 0.15) is 33.1 Å². The van der Waals surface area contributed by atoms with E-state index in [0.717, 1.165) is 6.54 Å². The molecule has 2 unspecified atom stereocenters. The van der Waals surface area contributed by atoms with Gasteiger partial charge in [0.2, 0.25) is 11.8 Å². The first-order valence-corrected chi connectivity index (χ1v) is 7.58. The number of nitrogens with zero attached hydrogens (tertiary/aromatic N) is 1. The van der Waals surface area contributed by atoms with Crippen molar-refractivity contribution in [1.29, 1.82) is 0 Å². The van der Waals surface area contributed by atoms with Crippen LogP contribution < -0.4 is 5.32 Å². The molecule has 1 aliphatic heterocycles. The van der Waals surface area contributed by atoms with Crippen LogP contribution in [0.4, 0.5) is 0 Å². The van der Waals surface area contributed by atoms with E-state index in [1.54, 1.807) is 4.90 Å². The normalized spacial score (nSPS) is 23.3. The molecule has 1 saturated carbocycles. The summed E-state index contributed by atoms with van der Waals surface area (Å²) in [6.07, 6.45) is 2.60. The number of nitrogens with one attached hydrogen (secondary N) is 1. The summed E-state index contributed by atoms with van der Waals surface area (Å²) in [6, 6.07) is -0.657. The third-order valence-electron chi connectivity index (χ3n) is 4.18. The largest absolute Gasteiger partial charge is 0.467 e. The molecule has 1 aliphatic carbocycles. The molecule has 6 nitrogen and oxygen atoms in total. The molecule has 118 valence electrons. The molecule has 0 spiro atoms. The molecule has 1 N–H and O–H groups in total. The fraction of sp³-hybridized carbons (Fsp3) is 0.800. The second-order valence-corrected chi connectivity index (χ2v) is 6.40. The predicted octanol–water partition coefficient (Wildman–Crippen LogP) is 0.559. The van der Waals surface area contributed by atoms with E-state index in [0.29, 0.717) is 12.5 Å². The van der Waals surface area contributed by atoms with E-state index in [9.17, 15) is 14.4 Å². The fourth-order valence-electron chi connectivity index (χ4n) is 2.63. The molecule has 1 saturated heterocycles. The van der Waals surface area contributed by atoms with Crippen molar-refractivity contribution in [2.45, 2.75) is 39.2 Å². The third kappa shape index (κ3) is 3.95. The Morgan fingerprint density at radius 2 is 2.05 bits per heavy atom. The fourth-order valence-corrected chi connectivity index (χ4v) is 2.63. The Balaban J connectivity index is 1.90. The lowest BCUT2D eigenvalue weighted by molar-refractivity contribution is -0.146. The zero-order chi connectivity index (χ0) is 15.6. The number of methoxy groups -OCH3 is 1. The molecule has 0 bridgehead atoms. The molecule has 2 atom stereocenters. The topological polar surface area (TPSA) is 75.7 Å². The molecule has 1 heterocycles. The number of rotatable bonds is 6. The van der Waals surface area contributed by atoms with Gasteiger partial charge in [-0.3, -0.25) is 9.59 Å². The van der Waals surface area contributed by atoms with Gasteiger partial charge in [-0.15, -0.1) is 0 Å². The number of likely N-dealkylation sites (tertiary alicyclic amines) is 1. The van der Waals surface area contributed by atoms with Crippen LogP contribution in [-0.2, 0) is 19.1 Å². The van der Waals surface area contributed by atoms with Gasteiger partial charge in [0, 0.05) is 19.5 Å². The Kier molecular flexibility index (Phi) is 4.85. The summed E-state index contributed by atoms with van der Waals surface area (Å²) < 4.78 is 4.71. The molecule has 0 aromatic rings. The highest BCUT2D eigenvalue weighted by Crippen LogP contribution is 2.32. The van der Waals surface area contributed by atoms with Gasteiger partial charge in [0.05, 0.1) is 13.0 Å². The van der Waals surface area contributed by atoms with Crippen molar-refractivity contribution in [3.63, 3.8) is 0 Å². The first-order valence-electron chi connectivity index (χ1n) is 7.58. The average Bonchev–Trinajstić information content (AvgIpc) is 3.18. The summed E-state index contributed by atoms with van der Waals surface area (Å²) in [4.78, 5) is 37.6. The summed E-state index contributed by atoms with van der Waals surface area (Å²) in [5, 5.41) is 2.73. The number of esters is 1. The summed E-state index contributed by atoms with van der Waals surface area (Å²) in [5.41, 5.74) is 0. The van der Waals surface area contributed by atoms with Gasteiger partial charge in [-0.05, 0) is 24.7 Å². The van der Waals surface area contributed by atoms with Gasteiger partial charge >= 0.3 is 5.97 Å². The third-order valence-corrected chi connectivity index (χ3v) is 4.18. The zero-order valence-electron chi connectivity index (χ0n) is 12.9. The van der Waals surface area contributed by atoms with Crippen molar-refractivity contribution < 1.29 is 19.1 Å². The van der Waals surface area contributed by atoms with E-state index in [1.165, 1.54) is 20.0 Å². The number of amides is 2. The summed E-state index contributed by atoms with van der Waals surface area (Å²) >= 11 is 0. The highest BCUT2D eigenvalue weighted by molar-refractivity contribution is 5.91. The van der Waals surface area contributed by atoms with Gasteiger partial charge in [-0.1, -0.05) is 13.8 Å². The van der Waals surface area contributed by atoms with Crippen LogP contribution in [-0.4, -0.2) is 48.9 Å². The molecule has 2 fully saturated rings. The molecular formula is C15H24N2O4. The minimum Gasteiger partial charge on any atom is -0.467 e. The monoisotopic (exact) mass is 296 g/mol. The second kappa shape index (κ2) is 6.45. The Morgan fingerprint density at radius 3 is 2.57 bits per heavy atom. The number of carbonyl (C=O) groups excluding carboxylic acids is 3. The molecular weight excluding hydrogens is 272 g/mol. The standard InChI is InChI=1S/C15H24N2O4/c1-9(2)13(15(20)21-3)16-14(19)11-6-12(18)17(8-11)7-10-4-5-10/h9-11,13H,4-8H2,1-3H3,(H,16,19). The number of hydrogen-bond donors (Lipinski definition) is 1. The number of carbonyl (C=O) groups is 3. The first kappa shape index (κ1) is 15.8. The Labute approximate surface area is 125 Å². The predicted molar refractivity (Wildman–Crippen MR) is 76.2 cm³/mol. The molecule has 2 amide bonds. The Hall–Kier alpha value is -1.59. The summed E-state index contributed by atoms with van der Waals surface area (Å²) in [5.74, 6) is -0.429. The van der Waals surface area contributed by atoms with Crippen LogP contribution in [0.3, 0.4) is 0 Å². The highest BCUT2D eigenvalue weighted by Gasteiger charge is 2.38. The molecule has 2 aliphatic rings. The lowest BCUT2D eigenvalue weighted by atomic mass is 10.0. The maximum absolute atomic E-state index is 12.3. The van der Waals surface area contributed by atoms with Gasteiger partial charge in [-0.25, -0.2) is 4.79 Å². The van der Waals surface area contributed by atoms with Crippen LogP contribution in [0.5, 0.6) is 0 Å². The van der Waals surface area contributed by atoms with E-state index in [2.05, 4.69) is 5.32 Å². The lowest BCUT2D eigenvalue weighted by Gasteiger charge is -2.22. The van der Waals surface area contributed by atoms with Gasteiger partial charge in [0.15, 0.2) is 0 Å². The molecule has 0 aromatic heterocycles. The highest BCUT2D eigenvalue weighted by atomic mass is 16.5. The second-order valence-electron chi connectivity index (χ2n) is 6.40. The van der Waals surface area contributed by atoms with E-state index in [4.69, 9.17) is 4.74 Å². The molecule has 21 heavy (non-hydrogen) atoms. The average molecular weight is 296 g/mol. The van der Waals surface area contributed by atoms with Crippen LogP contribution >= 0.6 is 0 Å². The van der Waals surface area contributed by atoms with Crippen LogP contribution in [0.25, 0.3) is 0 Å². The first-order chi connectivity index (χ1) is 9.92. The minimum absolute atomic E-state index is 0.0428. The van der Waals surface area contributed by atoms with Gasteiger partial charge in [0.1, 0.15) is 6.04 Å². The quantitative estimate of drug-likeness (QED) is 0.727. The number of ether oxygens (including phenoxy) is 1. The van der Waals surface area contributed by atoms with E-state index in [1.807, 2.05) is 13.8 Å². The van der Waals surface area contributed by atoms with Gasteiger partial charge in [0.25, 0.3) is 0 Å². The lowest BCUT2D eigenvalue weighted by Crippen LogP contribution is -2.47. The van der Waals surface area contributed by atoms with Crippen LogP contribution in [0.15, 0.2) is 0 Å².